The molecule has 3 aromatic carbocycles. The Morgan fingerprint density at radius 3 is 2.14 bits per heavy atom. The van der Waals surface area contributed by atoms with E-state index in [0.717, 1.165) is 27.2 Å². The number of carboxylic acid groups (broad SMARTS) is 1. The van der Waals surface area contributed by atoms with Gasteiger partial charge in [-0.25, -0.2) is 4.79 Å². The third kappa shape index (κ3) is 5.62. The lowest BCUT2D eigenvalue weighted by Crippen LogP contribution is -2.35. The number of ether oxygens (including phenoxy) is 1. The van der Waals surface area contributed by atoms with Crippen molar-refractivity contribution in [2.24, 2.45) is 0 Å². The van der Waals surface area contributed by atoms with Crippen LogP contribution in [0.5, 0.6) is 0 Å². The van der Waals surface area contributed by atoms with E-state index >= 15 is 0 Å². The summed E-state index contributed by atoms with van der Waals surface area (Å²) in [5.74, 6) is 2.92. The van der Waals surface area contributed by atoms with Crippen molar-refractivity contribution >= 4 is 35.3 Å². The van der Waals surface area contributed by atoms with E-state index in [1.165, 1.54) is 12.1 Å². The Labute approximate surface area is 207 Å². The number of halogens is 1. The van der Waals surface area contributed by atoms with E-state index in [2.05, 4.69) is 29.3 Å². The van der Waals surface area contributed by atoms with Crippen LogP contribution in [0.4, 0.5) is 10.5 Å². The molecule has 0 radical (unpaired) electrons. The Morgan fingerprint density at radius 2 is 1.54 bits per heavy atom. The Morgan fingerprint density at radius 1 is 0.943 bits per heavy atom. The first-order valence-corrected chi connectivity index (χ1v) is 11.2. The molecule has 0 saturated heterocycles. The predicted octanol–water partition coefficient (Wildman–Crippen LogP) is 4.30. The van der Waals surface area contributed by atoms with Crippen molar-refractivity contribution in [2.75, 3.05) is 24.6 Å². The van der Waals surface area contributed by atoms with Gasteiger partial charge in [0, 0.05) is 16.6 Å². The number of benzene rings is 3. The Bertz CT molecular complexity index is 1280. The average Bonchev–Trinajstić information content (AvgIpc) is 3.18. The summed E-state index contributed by atoms with van der Waals surface area (Å²) >= 11 is 5.85. The van der Waals surface area contributed by atoms with E-state index in [0.29, 0.717) is 10.7 Å². The van der Waals surface area contributed by atoms with Crippen LogP contribution < -0.4 is 10.2 Å². The van der Waals surface area contributed by atoms with Crippen molar-refractivity contribution < 1.29 is 24.2 Å². The number of hydrogen-bond donors (Lipinski definition) is 2. The Hall–Kier alpha value is -4.28. The quantitative estimate of drug-likeness (QED) is 0.504. The van der Waals surface area contributed by atoms with Gasteiger partial charge in [-0.3, -0.25) is 14.5 Å². The van der Waals surface area contributed by atoms with Crippen LogP contribution in [0.1, 0.15) is 17.0 Å². The summed E-state index contributed by atoms with van der Waals surface area (Å²) in [5, 5.41) is 12.1. The smallest absolute Gasteiger partial charge is 0.407 e. The molecule has 35 heavy (non-hydrogen) atoms. The number of carbonyl (C=O) groups is 3. The van der Waals surface area contributed by atoms with Crippen LogP contribution in [0, 0.1) is 11.8 Å². The van der Waals surface area contributed by atoms with E-state index < -0.39 is 24.5 Å². The van der Waals surface area contributed by atoms with Gasteiger partial charge >= 0.3 is 18.0 Å². The van der Waals surface area contributed by atoms with E-state index in [-0.39, 0.29) is 19.1 Å². The molecule has 3 aromatic rings. The molecule has 1 aliphatic rings. The minimum atomic E-state index is -1.19. The van der Waals surface area contributed by atoms with Gasteiger partial charge < -0.3 is 15.2 Å². The molecule has 0 fully saturated rings. The summed E-state index contributed by atoms with van der Waals surface area (Å²) in [6.45, 7) is -0.534. The maximum absolute atomic E-state index is 12.5. The summed E-state index contributed by atoms with van der Waals surface area (Å²) < 4.78 is 5.42. The molecule has 1 aliphatic carbocycles. The van der Waals surface area contributed by atoms with Crippen LogP contribution in [0.25, 0.3) is 11.1 Å². The molecule has 176 valence electrons. The number of rotatable bonds is 6. The highest BCUT2D eigenvalue weighted by molar-refractivity contribution is 6.30. The number of hydrogen-bond acceptors (Lipinski definition) is 4. The van der Waals surface area contributed by atoms with E-state index in [1.54, 1.807) is 12.1 Å². The van der Waals surface area contributed by atoms with E-state index in [4.69, 9.17) is 21.4 Å². The lowest BCUT2D eigenvalue weighted by atomic mass is 9.98. The summed E-state index contributed by atoms with van der Waals surface area (Å²) in [7, 11) is 0. The summed E-state index contributed by atoms with van der Waals surface area (Å²) in [5.41, 5.74) is 4.82. The van der Waals surface area contributed by atoms with Crippen LogP contribution in [0.2, 0.25) is 5.02 Å². The monoisotopic (exact) mass is 488 g/mol. The van der Waals surface area contributed by atoms with Crippen molar-refractivity contribution in [3.63, 3.8) is 0 Å². The molecule has 0 spiro atoms. The van der Waals surface area contributed by atoms with Crippen LogP contribution in [-0.2, 0) is 14.3 Å². The zero-order valence-electron chi connectivity index (χ0n) is 18.5. The third-order valence-electron chi connectivity index (χ3n) is 5.54. The van der Waals surface area contributed by atoms with Crippen LogP contribution in [0.15, 0.2) is 72.8 Å². The molecule has 8 heteroatoms. The Kier molecular flexibility index (Phi) is 7.34. The molecule has 0 saturated carbocycles. The van der Waals surface area contributed by atoms with Gasteiger partial charge in [0.15, 0.2) is 0 Å². The van der Waals surface area contributed by atoms with Crippen molar-refractivity contribution in [1.82, 2.24) is 5.32 Å². The molecule has 2 N–H and O–H groups in total. The summed E-state index contributed by atoms with van der Waals surface area (Å²) in [6, 6.07) is 22.2. The second-order valence-electron chi connectivity index (χ2n) is 7.74. The predicted molar refractivity (Wildman–Crippen MR) is 132 cm³/mol. The van der Waals surface area contributed by atoms with Crippen LogP contribution in [0.3, 0.4) is 0 Å². The van der Waals surface area contributed by atoms with E-state index in [9.17, 15) is 14.4 Å². The molecule has 0 atom stereocenters. The fourth-order valence-corrected chi connectivity index (χ4v) is 4.12. The van der Waals surface area contributed by atoms with Gasteiger partial charge in [0.2, 0.25) is 0 Å². The molecule has 7 nitrogen and oxygen atoms in total. The Balaban J connectivity index is 1.33. The van der Waals surface area contributed by atoms with Gasteiger partial charge in [-0.2, -0.15) is 0 Å². The number of fused-ring (bicyclic) bond motifs is 3. The maximum atomic E-state index is 12.5. The zero-order valence-corrected chi connectivity index (χ0v) is 19.3. The number of carbonyl (C=O) groups excluding carboxylic acids is 2. The van der Waals surface area contributed by atoms with Crippen molar-refractivity contribution in [3.05, 3.63) is 88.9 Å². The molecular weight excluding hydrogens is 468 g/mol. The van der Waals surface area contributed by atoms with Crippen molar-refractivity contribution in [1.29, 1.82) is 0 Å². The van der Waals surface area contributed by atoms with Gasteiger partial charge in [-0.15, -0.1) is 0 Å². The van der Waals surface area contributed by atoms with Gasteiger partial charge in [-0.05, 0) is 52.4 Å². The lowest BCUT2D eigenvalue weighted by Gasteiger charge is -2.18. The SMILES string of the molecule is O=C(O)CN(C(=O)C#CCNC(=O)OCC1c2ccccc2-c2ccccc21)c1ccc(Cl)cc1. The summed E-state index contributed by atoms with van der Waals surface area (Å²) in [4.78, 5) is 36.8. The molecule has 4 rings (SSSR count). The van der Waals surface area contributed by atoms with Crippen LogP contribution in [-0.4, -0.2) is 42.8 Å². The standard InChI is InChI=1S/C27H21ClN2O5/c28-18-11-13-19(14-12-18)30(16-26(32)33)25(31)10-5-15-29-27(34)35-17-24-22-8-3-1-6-20(22)21-7-2-4-9-23(21)24/h1-4,6-9,11-14,24H,15-17H2,(H,29,34)(H,32,33). The van der Waals surface area contributed by atoms with Gasteiger partial charge in [0.25, 0.3) is 0 Å². The first-order chi connectivity index (χ1) is 16.9. The lowest BCUT2D eigenvalue weighted by molar-refractivity contribution is -0.136. The number of carboxylic acids is 1. The third-order valence-corrected chi connectivity index (χ3v) is 5.79. The molecule has 0 bridgehead atoms. The minimum Gasteiger partial charge on any atom is -0.480 e. The fourth-order valence-electron chi connectivity index (χ4n) is 3.99. The maximum Gasteiger partial charge on any atom is 0.407 e. The van der Waals surface area contributed by atoms with Gasteiger partial charge in [0.1, 0.15) is 13.2 Å². The summed E-state index contributed by atoms with van der Waals surface area (Å²) in [6.07, 6.45) is -0.659. The van der Waals surface area contributed by atoms with Crippen LogP contribution >= 0.6 is 11.6 Å². The molecule has 0 aliphatic heterocycles. The zero-order chi connectivity index (χ0) is 24.8. The van der Waals surface area contributed by atoms with Crippen molar-refractivity contribution in [2.45, 2.75) is 5.92 Å². The van der Waals surface area contributed by atoms with Gasteiger partial charge in [0.05, 0.1) is 6.54 Å². The van der Waals surface area contributed by atoms with Crippen molar-refractivity contribution in [3.8, 4) is 23.0 Å². The number of alkyl carbamates (subject to hydrolysis) is 1. The highest BCUT2D eigenvalue weighted by atomic mass is 35.5. The second kappa shape index (κ2) is 10.8. The van der Waals surface area contributed by atoms with Gasteiger partial charge in [-0.1, -0.05) is 66.1 Å². The molecule has 2 amide bonds. The number of nitrogens with one attached hydrogen (secondary N) is 1. The topological polar surface area (TPSA) is 95.9 Å². The molecular formula is C27H21ClN2O5. The van der Waals surface area contributed by atoms with E-state index in [1.807, 2.05) is 36.4 Å². The minimum absolute atomic E-state index is 0.0650. The molecule has 0 unspecified atom stereocenters. The first-order valence-electron chi connectivity index (χ1n) is 10.8. The number of aliphatic carboxylic acids is 1. The normalized spacial score (nSPS) is 11.5. The largest absolute Gasteiger partial charge is 0.480 e. The number of anilines is 1. The first kappa shape index (κ1) is 23.9. The second-order valence-corrected chi connectivity index (χ2v) is 8.18. The molecule has 0 heterocycles. The average molecular weight is 489 g/mol. The number of amides is 2. The number of nitrogens with zero attached hydrogens (tertiary/aromatic N) is 1. The fraction of sp³-hybridized carbons (Fsp3) is 0.148. The highest BCUT2D eigenvalue weighted by Crippen LogP contribution is 2.44. The molecule has 0 aromatic heterocycles. The highest BCUT2D eigenvalue weighted by Gasteiger charge is 2.28.